The molecule has 1 aliphatic rings. The monoisotopic (exact) mass is 516 g/mol. The number of hydrogen-bond donors (Lipinski definition) is 1. The summed E-state index contributed by atoms with van der Waals surface area (Å²) in [4.78, 5) is 19.7. The summed E-state index contributed by atoms with van der Waals surface area (Å²) in [5.41, 5.74) is 5.61. The van der Waals surface area contributed by atoms with Crippen molar-refractivity contribution in [2.75, 3.05) is 39.3 Å². The van der Waals surface area contributed by atoms with E-state index < -0.39 is 11.7 Å². The second-order valence-corrected chi connectivity index (χ2v) is 8.92. The summed E-state index contributed by atoms with van der Waals surface area (Å²) in [6.07, 6.45) is -4.10. The molecule has 10 nitrogen and oxygen atoms in total. The fraction of sp³-hybridized carbons (Fsp3) is 0.458. The number of benzene rings is 1. The molecule has 13 heteroatoms. The standard InChI is InChI=1S/C24H27F3N8O2/c1-15(23(29)36)35-9-7-34(8-10-35)6-3-11-37-21-5-4-16(12-17(21)24(25,26)27)18-13-20-22(19(14-28)30-18)31-32-33(20)2/h4-5,12-13,15H,3,6-11H2,1-2H3,(H2,29,36). The fourth-order valence-electron chi connectivity index (χ4n) is 4.32. The molecular formula is C24H27F3N8O2. The molecule has 4 rings (SSSR count). The number of hydrogen-bond acceptors (Lipinski definition) is 8. The molecule has 1 atom stereocenters. The van der Waals surface area contributed by atoms with Gasteiger partial charge in [0.15, 0.2) is 5.69 Å². The van der Waals surface area contributed by atoms with Crippen molar-refractivity contribution in [3.05, 3.63) is 35.5 Å². The first-order valence-corrected chi connectivity index (χ1v) is 11.8. The summed E-state index contributed by atoms with van der Waals surface area (Å²) < 4.78 is 48.7. The van der Waals surface area contributed by atoms with Gasteiger partial charge < -0.3 is 15.4 Å². The van der Waals surface area contributed by atoms with Crippen molar-refractivity contribution >= 4 is 16.9 Å². The molecule has 196 valence electrons. The molecule has 1 aromatic carbocycles. The highest BCUT2D eigenvalue weighted by atomic mass is 19.4. The van der Waals surface area contributed by atoms with Gasteiger partial charge in [0.05, 0.1) is 29.4 Å². The van der Waals surface area contributed by atoms with Crippen LogP contribution in [0.4, 0.5) is 13.2 Å². The topological polar surface area (TPSA) is 126 Å². The van der Waals surface area contributed by atoms with Crippen LogP contribution in [0.25, 0.3) is 22.3 Å². The molecule has 1 fully saturated rings. The maximum Gasteiger partial charge on any atom is 0.419 e. The minimum atomic E-state index is -4.64. The van der Waals surface area contributed by atoms with Crippen LogP contribution in [-0.2, 0) is 18.0 Å². The van der Waals surface area contributed by atoms with Crippen molar-refractivity contribution in [2.45, 2.75) is 25.6 Å². The smallest absolute Gasteiger partial charge is 0.419 e. The third-order valence-electron chi connectivity index (χ3n) is 6.53. The molecule has 0 saturated carbocycles. The van der Waals surface area contributed by atoms with E-state index in [1.54, 1.807) is 20.0 Å². The van der Waals surface area contributed by atoms with E-state index >= 15 is 0 Å². The number of nitriles is 1. The number of carbonyl (C=O) groups excluding carboxylic acids is 1. The molecule has 3 heterocycles. The van der Waals surface area contributed by atoms with E-state index in [1.807, 2.05) is 11.0 Å². The molecule has 2 aromatic heterocycles. The summed E-state index contributed by atoms with van der Waals surface area (Å²) in [6, 6.07) is 6.90. The minimum absolute atomic E-state index is 0.0144. The Morgan fingerprint density at radius 1 is 1.24 bits per heavy atom. The van der Waals surface area contributed by atoms with Gasteiger partial charge in [0.1, 0.15) is 17.3 Å². The van der Waals surface area contributed by atoms with Crippen LogP contribution >= 0.6 is 0 Å². The van der Waals surface area contributed by atoms with Crippen molar-refractivity contribution in [2.24, 2.45) is 12.8 Å². The number of pyridine rings is 1. The second-order valence-electron chi connectivity index (χ2n) is 8.92. The molecule has 2 N–H and O–H groups in total. The van der Waals surface area contributed by atoms with Gasteiger partial charge >= 0.3 is 6.18 Å². The van der Waals surface area contributed by atoms with Crippen LogP contribution in [-0.4, -0.2) is 81.1 Å². The third-order valence-corrected chi connectivity index (χ3v) is 6.53. The zero-order valence-electron chi connectivity index (χ0n) is 20.5. The van der Waals surface area contributed by atoms with Gasteiger partial charge in [0, 0.05) is 45.3 Å². The van der Waals surface area contributed by atoms with E-state index in [9.17, 15) is 23.2 Å². The molecule has 0 spiro atoms. The lowest BCUT2D eigenvalue weighted by Gasteiger charge is -2.36. The highest BCUT2D eigenvalue weighted by molar-refractivity contribution is 5.83. The SMILES string of the molecule is CC(C(N)=O)N1CCN(CCCOc2ccc(-c3cc4c(nnn4C)c(C#N)n3)cc2C(F)(F)F)CC1. The predicted molar refractivity (Wildman–Crippen MR) is 128 cm³/mol. The fourth-order valence-corrected chi connectivity index (χ4v) is 4.32. The van der Waals surface area contributed by atoms with E-state index in [-0.39, 0.29) is 46.8 Å². The number of halogens is 3. The van der Waals surface area contributed by atoms with Gasteiger partial charge in [0.2, 0.25) is 5.91 Å². The average molecular weight is 517 g/mol. The third kappa shape index (κ3) is 5.81. The Kier molecular flexibility index (Phi) is 7.60. The molecule has 1 unspecified atom stereocenters. The number of carbonyl (C=O) groups is 1. The number of piperazine rings is 1. The van der Waals surface area contributed by atoms with Gasteiger partial charge in [-0.25, -0.2) is 9.67 Å². The second kappa shape index (κ2) is 10.7. The Morgan fingerprint density at radius 2 is 1.97 bits per heavy atom. The zero-order chi connectivity index (χ0) is 26.7. The van der Waals surface area contributed by atoms with Gasteiger partial charge in [0.25, 0.3) is 0 Å². The number of aryl methyl sites for hydroxylation is 1. The van der Waals surface area contributed by atoms with E-state index in [2.05, 4.69) is 20.2 Å². The quantitative estimate of drug-likeness (QED) is 0.452. The Balaban J connectivity index is 1.43. The van der Waals surface area contributed by atoms with Crippen LogP contribution < -0.4 is 10.5 Å². The molecule has 1 amide bonds. The van der Waals surface area contributed by atoms with Crippen molar-refractivity contribution in [3.8, 4) is 23.1 Å². The zero-order valence-corrected chi connectivity index (χ0v) is 20.5. The molecule has 1 aliphatic heterocycles. The molecular weight excluding hydrogens is 489 g/mol. The van der Waals surface area contributed by atoms with Crippen molar-refractivity contribution in [3.63, 3.8) is 0 Å². The van der Waals surface area contributed by atoms with Crippen LogP contribution in [0.15, 0.2) is 24.3 Å². The Morgan fingerprint density at radius 3 is 2.62 bits per heavy atom. The predicted octanol–water partition coefficient (Wildman–Crippen LogP) is 2.18. The summed E-state index contributed by atoms with van der Waals surface area (Å²) in [7, 11) is 1.62. The van der Waals surface area contributed by atoms with Crippen molar-refractivity contribution < 1.29 is 22.7 Å². The van der Waals surface area contributed by atoms with E-state index in [1.165, 1.54) is 16.8 Å². The summed E-state index contributed by atoms with van der Waals surface area (Å²) in [5, 5.41) is 17.2. The first-order valence-electron chi connectivity index (χ1n) is 11.8. The largest absolute Gasteiger partial charge is 0.493 e. The first kappa shape index (κ1) is 26.3. The lowest BCUT2D eigenvalue weighted by molar-refractivity contribution is -0.139. The Labute approximate surface area is 211 Å². The van der Waals surface area contributed by atoms with Gasteiger partial charge in [-0.1, -0.05) is 5.21 Å². The molecule has 1 saturated heterocycles. The van der Waals surface area contributed by atoms with Crippen molar-refractivity contribution in [1.29, 1.82) is 5.26 Å². The van der Waals surface area contributed by atoms with Crippen LogP contribution in [0, 0.1) is 11.3 Å². The molecule has 0 radical (unpaired) electrons. The Hall–Kier alpha value is -3.76. The molecule has 0 bridgehead atoms. The number of primary amides is 1. The molecule has 3 aromatic rings. The number of amides is 1. The van der Waals surface area contributed by atoms with E-state index in [0.717, 1.165) is 19.2 Å². The van der Waals surface area contributed by atoms with Gasteiger partial charge in [-0.3, -0.25) is 9.69 Å². The average Bonchev–Trinajstić information content (AvgIpc) is 3.26. The number of alkyl halides is 3. The number of fused-ring (bicyclic) bond motifs is 1. The normalized spacial score (nSPS) is 16.0. The molecule has 37 heavy (non-hydrogen) atoms. The molecule has 0 aliphatic carbocycles. The number of ether oxygens (including phenoxy) is 1. The van der Waals surface area contributed by atoms with Crippen LogP contribution in [0.2, 0.25) is 0 Å². The minimum Gasteiger partial charge on any atom is -0.493 e. The van der Waals surface area contributed by atoms with Gasteiger partial charge in [-0.15, -0.1) is 5.10 Å². The summed E-state index contributed by atoms with van der Waals surface area (Å²) in [6.45, 7) is 5.45. The number of nitrogens with zero attached hydrogens (tertiary/aromatic N) is 7. The van der Waals surface area contributed by atoms with Crippen LogP contribution in [0.1, 0.15) is 24.6 Å². The highest BCUT2D eigenvalue weighted by Gasteiger charge is 2.35. The number of rotatable bonds is 8. The number of aromatic nitrogens is 4. The van der Waals surface area contributed by atoms with Gasteiger partial charge in [-0.05, 0) is 37.6 Å². The van der Waals surface area contributed by atoms with E-state index in [4.69, 9.17) is 10.5 Å². The van der Waals surface area contributed by atoms with Crippen molar-refractivity contribution in [1.82, 2.24) is 29.8 Å². The first-order chi connectivity index (χ1) is 17.6. The van der Waals surface area contributed by atoms with Crippen LogP contribution in [0.5, 0.6) is 5.75 Å². The Bertz CT molecular complexity index is 1330. The maximum absolute atomic E-state index is 13.9. The summed E-state index contributed by atoms with van der Waals surface area (Å²) >= 11 is 0. The van der Waals surface area contributed by atoms with Crippen LogP contribution in [0.3, 0.4) is 0 Å². The lowest BCUT2D eigenvalue weighted by Crippen LogP contribution is -2.53. The lowest BCUT2D eigenvalue weighted by atomic mass is 10.1. The summed E-state index contributed by atoms with van der Waals surface area (Å²) in [5.74, 6) is -0.621. The highest BCUT2D eigenvalue weighted by Crippen LogP contribution is 2.39. The van der Waals surface area contributed by atoms with E-state index in [0.29, 0.717) is 31.6 Å². The number of nitrogens with two attached hydrogens (primary N) is 1. The maximum atomic E-state index is 13.9. The van der Waals surface area contributed by atoms with Gasteiger partial charge in [-0.2, -0.15) is 18.4 Å².